The minimum atomic E-state index is -0.543. The standard InChI is InChI=1S/C22H22FNO2S2/c1-14-8-9-17(27-14)11-18-21(26)24(13-15-6-5-7-16(23)10-15)20(28-18)12-19(25)22(2,3)4/h5-12H,13H2,1-4H3/b18-11-,20-12-. The van der Waals surface area contributed by atoms with Gasteiger partial charge in [0.2, 0.25) is 0 Å². The molecule has 0 spiro atoms. The molecule has 28 heavy (non-hydrogen) atoms. The summed E-state index contributed by atoms with van der Waals surface area (Å²) >= 11 is 2.90. The maximum Gasteiger partial charge on any atom is 0.269 e. The summed E-state index contributed by atoms with van der Waals surface area (Å²) in [5.41, 5.74) is -0.0390. The molecule has 0 amide bonds. The number of carbonyl (C=O) groups is 1. The molecule has 2 aromatic heterocycles. The first-order chi connectivity index (χ1) is 13.1. The number of thiophene rings is 1. The van der Waals surface area contributed by atoms with Crippen molar-refractivity contribution in [1.82, 2.24) is 4.57 Å². The predicted molar refractivity (Wildman–Crippen MR) is 115 cm³/mol. The van der Waals surface area contributed by atoms with Crippen LogP contribution in [0.5, 0.6) is 0 Å². The predicted octanol–water partition coefficient (Wildman–Crippen LogP) is 3.69. The molecule has 0 bridgehead atoms. The van der Waals surface area contributed by atoms with E-state index in [4.69, 9.17) is 0 Å². The smallest absolute Gasteiger partial charge is 0.269 e. The first-order valence-corrected chi connectivity index (χ1v) is 10.6. The average molecular weight is 416 g/mol. The number of hydrogen-bond acceptors (Lipinski definition) is 4. The number of nitrogens with zero attached hydrogens (tertiary/aromatic N) is 1. The lowest BCUT2D eigenvalue weighted by Crippen LogP contribution is -2.32. The van der Waals surface area contributed by atoms with Gasteiger partial charge in [0.1, 0.15) is 10.5 Å². The van der Waals surface area contributed by atoms with E-state index in [9.17, 15) is 14.0 Å². The molecule has 3 nitrogen and oxygen atoms in total. The second-order valence-electron chi connectivity index (χ2n) is 7.68. The van der Waals surface area contributed by atoms with Gasteiger partial charge in [0.25, 0.3) is 5.56 Å². The first kappa shape index (κ1) is 20.4. The van der Waals surface area contributed by atoms with E-state index in [1.807, 2.05) is 45.9 Å². The van der Waals surface area contributed by atoms with Crippen LogP contribution in [-0.2, 0) is 11.3 Å². The highest BCUT2D eigenvalue weighted by Gasteiger charge is 2.19. The van der Waals surface area contributed by atoms with Crippen LogP contribution in [0.2, 0.25) is 0 Å². The summed E-state index contributed by atoms with van der Waals surface area (Å²) in [5, 5.41) is 0. The van der Waals surface area contributed by atoms with Crippen LogP contribution < -0.4 is 14.8 Å². The van der Waals surface area contributed by atoms with E-state index in [2.05, 4.69) is 0 Å². The van der Waals surface area contributed by atoms with Crippen molar-refractivity contribution in [2.45, 2.75) is 34.2 Å². The Morgan fingerprint density at radius 2 is 1.93 bits per heavy atom. The first-order valence-electron chi connectivity index (χ1n) is 8.92. The van der Waals surface area contributed by atoms with E-state index in [0.717, 1.165) is 9.75 Å². The van der Waals surface area contributed by atoms with Crippen LogP contribution in [0, 0.1) is 18.2 Å². The molecule has 0 fully saturated rings. The molecule has 3 aromatic rings. The minimum Gasteiger partial charge on any atom is -0.294 e. The molecule has 0 saturated heterocycles. The number of Topliss-reactive ketones (excluding diaryl/α,β-unsaturated/α-hetero) is 1. The van der Waals surface area contributed by atoms with Crippen LogP contribution in [-0.4, -0.2) is 10.4 Å². The monoisotopic (exact) mass is 415 g/mol. The Balaban J connectivity index is 2.17. The third kappa shape index (κ3) is 4.75. The average Bonchev–Trinajstić information content (AvgIpc) is 3.13. The molecular formula is C22H22FNO2S2. The summed E-state index contributed by atoms with van der Waals surface area (Å²) in [6, 6.07) is 10.1. The summed E-state index contributed by atoms with van der Waals surface area (Å²) in [6.45, 7) is 7.76. The van der Waals surface area contributed by atoms with Crippen molar-refractivity contribution in [2.75, 3.05) is 0 Å². The van der Waals surface area contributed by atoms with Gasteiger partial charge < -0.3 is 0 Å². The van der Waals surface area contributed by atoms with Crippen LogP contribution >= 0.6 is 22.7 Å². The Morgan fingerprint density at radius 3 is 2.54 bits per heavy atom. The molecule has 6 heteroatoms. The summed E-state index contributed by atoms with van der Waals surface area (Å²) in [7, 11) is 0. The molecule has 0 radical (unpaired) electrons. The third-order valence-electron chi connectivity index (χ3n) is 4.19. The van der Waals surface area contributed by atoms with Gasteiger partial charge in [0, 0.05) is 21.2 Å². The van der Waals surface area contributed by atoms with Crippen LogP contribution in [0.15, 0.2) is 41.2 Å². The van der Waals surface area contributed by atoms with Gasteiger partial charge in [-0.15, -0.1) is 22.7 Å². The number of carbonyl (C=O) groups excluding carboxylic acids is 1. The number of halogens is 1. The molecule has 1 aromatic carbocycles. The molecule has 0 atom stereocenters. The summed E-state index contributed by atoms with van der Waals surface area (Å²) in [6.07, 6.45) is 3.38. The topological polar surface area (TPSA) is 39.1 Å². The number of hydrogen-bond donors (Lipinski definition) is 0. The third-order valence-corrected chi connectivity index (χ3v) is 6.20. The van der Waals surface area contributed by atoms with Crippen molar-refractivity contribution in [3.8, 4) is 0 Å². The van der Waals surface area contributed by atoms with Gasteiger partial charge in [-0.2, -0.15) is 0 Å². The quantitative estimate of drug-likeness (QED) is 0.652. The van der Waals surface area contributed by atoms with Crippen molar-refractivity contribution in [3.63, 3.8) is 0 Å². The van der Waals surface area contributed by atoms with Crippen LogP contribution in [0.3, 0.4) is 0 Å². The summed E-state index contributed by atoms with van der Waals surface area (Å²) in [4.78, 5) is 27.7. The van der Waals surface area contributed by atoms with Crippen molar-refractivity contribution in [3.05, 3.63) is 77.1 Å². The SMILES string of the molecule is Cc1ccc(/C=c2\s/c(=C\C(=O)C(C)(C)C)n(Cc3cccc(F)c3)c2=O)s1. The molecule has 2 heterocycles. The highest BCUT2D eigenvalue weighted by atomic mass is 32.1. The van der Waals surface area contributed by atoms with E-state index >= 15 is 0 Å². The van der Waals surface area contributed by atoms with Crippen LogP contribution in [0.25, 0.3) is 12.2 Å². The fourth-order valence-electron chi connectivity index (χ4n) is 2.60. The van der Waals surface area contributed by atoms with Crippen molar-refractivity contribution in [1.29, 1.82) is 0 Å². The van der Waals surface area contributed by atoms with Gasteiger partial charge in [0.05, 0.1) is 11.1 Å². The van der Waals surface area contributed by atoms with Gasteiger partial charge >= 0.3 is 0 Å². The number of aryl methyl sites for hydroxylation is 1. The number of thiazole rings is 1. The molecule has 3 rings (SSSR count). The highest BCUT2D eigenvalue weighted by molar-refractivity contribution is 7.13. The van der Waals surface area contributed by atoms with Gasteiger partial charge in [0.15, 0.2) is 5.78 Å². The second-order valence-corrected chi connectivity index (χ2v) is 10.1. The minimum absolute atomic E-state index is 0.0553. The Labute approximate surface area is 171 Å². The van der Waals surface area contributed by atoms with Crippen molar-refractivity contribution < 1.29 is 9.18 Å². The molecule has 0 unspecified atom stereocenters. The van der Waals surface area contributed by atoms with Crippen LogP contribution in [0.1, 0.15) is 36.1 Å². The fourth-order valence-corrected chi connectivity index (χ4v) is 4.53. The van der Waals surface area contributed by atoms with E-state index in [0.29, 0.717) is 14.8 Å². The molecule has 0 aliphatic heterocycles. The largest absolute Gasteiger partial charge is 0.294 e. The van der Waals surface area contributed by atoms with E-state index in [1.165, 1.54) is 29.5 Å². The molecule has 0 aliphatic carbocycles. The lowest BCUT2D eigenvalue weighted by atomic mass is 9.91. The summed E-state index contributed by atoms with van der Waals surface area (Å²) in [5.74, 6) is -0.404. The zero-order chi connectivity index (χ0) is 20.5. The lowest BCUT2D eigenvalue weighted by molar-refractivity contribution is -0.120. The molecule has 0 saturated carbocycles. The molecule has 146 valence electrons. The summed E-state index contributed by atoms with van der Waals surface area (Å²) < 4.78 is 16.3. The number of ketones is 1. The van der Waals surface area contributed by atoms with E-state index < -0.39 is 5.41 Å². The van der Waals surface area contributed by atoms with Crippen LogP contribution in [0.4, 0.5) is 4.39 Å². The maximum atomic E-state index is 13.6. The number of aromatic nitrogens is 1. The molecule has 0 N–H and O–H groups in total. The zero-order valence-corrected chi connectivity index (χ0v) is 17.9. The fraction of sp³-hybridized carbons (Fsp3) is 0.273. The molecular weight excluding hydrogens is 393 g/mol. The van der Waals surface area contributed by atoms with Gasteiger partial charge in [-0.05, 0) is 42.8 Å². The Morgan fingerprint density at radius 1 is 1.18 bits per heavy atom. The molecule has 0 aliphatic rings. The highest BCUT2D eigenvalue weighted by Crippen LogP contribution is 2.16. The van der Waals surface area contributed by atoms with Gasteiger partial charge in [-0.25, -0.2) is 4.39 Å². The second kappa shape index (κ2) is 7.97. The van der Waals surface area contributed by atoms with Gasteiger partial charge in [-0.1, -0.05) is 32.9 Å². The Kier molecular flexibility index (Phi) is 5.82. The Bertz CT molecular complexity index is 1190. The van der Waals surface area contributed by atoms with Crippen molar-refractivity contribution in [2.24, 2.45) is 5.41 Å². The lowest BCUT2D eigenvalue weighted by Gasteiger charge is -2.13. The van der Waals surface area contributed by atoms with E-state index in [1.54, 1.807) is 28.0 Å². The Hall–Kier alpha value is -2.31. The normalized spacial score (nSPS) is 13.3. The number of benzene rings is 1. The number of rotatable bonds is 4. The maximum absolute atomic E-state index is 13.6. The van der Waals surface area contributed by atoms with Crippen molar-refractivity contribution >= 4 is 40.6 Å². The van der Waals surface area contributed by atoms with E-state index in [-0.39, 0.29) is 23.7 Å². The van der Waals surface area contributed by atoms with Gasteiger partial charge in [-0.3, -0.25) is 14.2 Å². The zero-order valence-electron chi connectivity index (χ0n) is 16.3.